The van der Waals surface area contributed by atoms with Crippen LogP contribution >= 0.6 is 15.9 Å². The molecule has 2 aromatic carbocycles. The number of aliphatic hydroxyl groups excluding tert-OH is 1. The van der Waals surface area contributed by atoms with Crippen LogP contribution in [0.2, 0.25) is 0 Å². The third-order valence-electron chi connectivity index (χ3n) is 5.28. The minimum Gasteiger partial charge on any atom is -0.396 e. The highest BCUT2D eigenvalue weighted by molar-refractivity contribution is 9.10. The van der Waals surface area contributed by atoms with Gasteiger partial charge in [-0.3, -0.25) is 4.90 Å². The van der Waals surface area contributed by atoms with Crippen molar-refractivity contribution in [2.45, 2.75) is 37.8 Å². The highest BCUT2D eigenvalue weighted by Gasteiger charge is 2.38. The van der Waals surface area contributed by atoms with Crippen molar-refractivity contribution in [1.29, 1.82) is 0 Å². The molecule has 0 amide bonds. The first-order valence-corrected chi connectivity index (χ1v) is 9.87. The average molecular weight is 422 g/mol. The molecule has 1 aliphatic heterocycles. The number of halogens is 2. The average Bonchev–Trinajstić information content (AvgIpc) is 2.66. The number of hydrogen-bond acceptors (Lipinski definition) is 3. The number of aliphatic hydroxyl groups is 1. The predicted molar refractivity (Wildman–Crippen MR) is 104 cm³/mol. The Balaban J connectivity index is 1.76. The van der Waals surface area contributed by atoms with E-state index in [9.17, 15) is 9.50 Å². The molecule has 1 heterocycles. The Morgan fingerprint density at radius 3 is 2.42 bits per heavy atom. The Hall–Kier alpha value is -1.27. The van der Waals surface area contributed by atoms with Crippen molar-refractivity contribution in [3.63, 3.8) is 0 Å². The summed E-state index contributed by atoms with van der Waals surface area (Å²) in [4.78, 5) is 2.34. The number of hydrogen-bond donors (Lipinski definition) is 1. The second-order valence-electron chi connectivity index (χ2n) is 6.79. The summed E-state index contributed by atoms with van der Waals surface area (Å²) in [5.74, 6) is -0.258. The first-order chi connectivity index (χ1) is 12.6. The standard InChI is InChI=1S/C21H25BrFNO2/c1-2-20(16-3-7-18(22)8-4-16)24-13-11-21(12-14-25,26-15-24)17-5-9-19(23)10-6-17/h3-10,20,25H,2,11-15H2,1H3. The van der Waals surface area contributed by atoms with Crippen LogP contribution in [-0.4, -0.2) is 29.9 Å². The molecular weight excluding hydrogens is 397 g/mol. The van der Waals surface area contributed by atoms with Crippen LogP contribution in [0.15, 0.2) is 53.0 Å². The molecule has 1 fully saturated rings. The van der Waals surface area contributed by atoms with Crippen LogP contribution < -0.4 is 0 Å². The molecular formula is C21H25BrFNO2. The number of ether oxygens (including phenoxy) is 1. The third kappa shape index (κ3) is 4.17. The molecule has 0 saturated carbocycles. The van der Waals surface area contributed by atoms with E-state index in [1.165, 1.54) is 17.7 Å². The van der Waals surface area contributed by atoms with Crippen molar-refractivity contribution in [3.8, 4) is 0 Å². The number of nitrogens with zero attached hydrogens (tertiary/aromatic N) is 1. The quantitative estimate of drug-likeness (QED) is 0.712. The van der Waals surface area contributed by atoms with Gasteiger partial charge in [-0.2, -0.15) is 0 Å². The Morgan fingerprint density at radius 2 is 1.88 bits per heavy atom. The maximum absolute atomic E-state index is 13.3. The van der Waals surface area contributed by atoms with Crippen LogP contribution in [0.5, 0.6) is 0 Å². The highest BCUT2D eigenvalue weighted by Crippen LogP contribution is 2.39. The molecule has 0 aromatic heterocycles. The smallest absolute Gasteiger partial charge is 0.123 e. The summed E-state index contributed by atoms with van der Waals surface area (Å²) in [7, 11) is 0. The number of rotatable bonds is 6. The third-order valence-corrected chi connectivity index (χ3v) is 5.81. The van der Waals surface area contributed by atoms with E-state index in [1.54, 1.807) is 12.1 Å². The molecule has 3 rings (SSSR count). The molecule has 1 saturated heterocycles. The van der Waals surface area contributed by atoms with Gasteiger partial charge in [0.25, 0.3) is 0 Å². The van der Waals surface area contributed by atoms with Gasteiger partial charge in [0.2, 0.25) is 0 Å². The van der Waals surface area contributed by atoms with Gasteiger partial charge in [-0.05, 0) is 48.2 Å². The lowest BCUT2D eigenvalue weighted by atomic mass is 9.85. The molecule has 3 nitrogen and oxygen atoms in total. The fourth-order valence-corrected chi connectivity index (χ4v) is 4.07. The summed E-state index contributed by atoms with van der Waals surface area (Å²) in [5, 5.41) is 9.55. The lowest BCUT2D eigenvalue weighted by Gasteiger charge is -2.44. The van der Waals surface area contributed by atoms with Gasteiger partial charge in [0.1, 0.15) is 12.5 Å². The first-order valence-electron chi connectivity index (χ1n) is 9.08. The maximum atomic E-state index is 13.3. The van der Waals surface area contributed by atoms with Crippen LogP contribution in [0.25, 0.3) is 0 Å². The van der Waals surface area contributed by atoms with E-state index in [2.05, 4.69) is 52.0 Å². The van der Waals surface area contributed by atoms with Crippen LogP contribution in [0.1, 0.15) is 43.4 Å². The van der Waals surface area contributed by atoms with Crippen molar-refractivity contribution in [2.75, 3.05) is 19.9 Å². The minimum absolute atomic E-state index is 0.0430. The van der Waals surface area contributed by atoms with Crippen LogP contribution in [-0.2, 0) is 10.3 Å². The predicted octanol–water partition coefficient (Wildman–Crippen LogP) is 5.00. The second kappa shape index (κ2) is 8.61. The Kier molecular flexibility index (Phi) is 6.46. The molecule has 140 valence electrons. The van der Waals surface area contributed by atoms with Gasteiger partial charge in [-0.25, -0.2) is 4.39 Å². The van der Waals surface area contributed by atoms with Crippen LogP contribution in [0.4, 0.5) is 4.39 Å². The zero-order valence-electron chi connectivity index (χ0n) is 15.0. The normalized spacial score (nSPS) is 22.3. The van der Waals surface area contributed by atoms with Crippen molar-refractivity contribution < 1.29 is 14.2 Å². The van der Waals surface area contributed by atoms with Gasteiger partial charge < -0.3 is 9.84 Å². The van der Waals surface area contributed by atoms with E-state index >= 15 is 0 Å². The van der Waals surface area contributed by atoms with Crippen LogP contribution in [0.3, 0.4) is 0 Å². The molecule has 1 aliphatic rings. The topological polar surface area (TPSA) is 32.7 Å². The summed E-state index contributed by atoms with van der Waals surface area (Å²) in [6, 6.07) is 15.2. The molecule has 2 unspecified atom stereocenters. The molecule has 0 radical (unpaired) electrons. The monoisotopic (exact) mass is 421 g/mol. The van der Waals surface area contributed by atoms with Gasteiger partial charge in [0, 0.05) is 30.1 Å². The van der Waals surface area contributed by atoms with Crippen molar-refractivity contribution in [3.05, 3.63) is 69.9 Å². The van der Waals surface area contributed by atoms with E-state index < -0.39 is 5.60 Å². The van der Waals surface area contributed by atoms with Gasteiger partial charge in [0.05, 0.1) is 5.60 Å². The van der Waals surface area contributed by atoms with Crippen molar-refractivity contribution >= 4 is 15.9 Å². The summed E-state index contributed by atoms with van der Waals surface area (Å²) in [6.45, 7) is 3.58. The zero-order valence-corrected chi connectivity index (χ0v) is 16.6. The zero-order chi connectivity index (χ0) is 18.6. The van der Waals surface area contributed by atoms with E-state index in [0.29, 0.717) is 19.2 Å². The molecule has 1 N–H and O–H groups in total. The Bertz CT molecular complexity index is 697. The summed E-state index contributed by atoms with van der Waals surface area (Å²) >= 11 is 3.49. The lowest BCUT2D eigenvalue weighted by molar-refractivity contribution is -0.163. The molecule has 0 spiro atoms. The van der Waals surface area contributed by atoms with Gasteiger partial charge in [0.15, 0.2) is 0 Å². The SMILES string of the molecule is CCC(c1ccc(Br)cc1)N1CCC(CCO)(c2ccc(F)cc2)OC1. The molecule has 0 bridgehead atoms. The summed E-state index contributed by atoms with van der Waals surface area (Å²) < 4.78 is 20.7. The van der Waals surface area contributed by atoms with Gasteiger partial charge in [-0.15, -0.1) is 0 Å². The van der Waals surface area contributed by atoms with E-state index in [4.69, 9.17) is 4.74 Å². The molecule has 2 atom stereocenters. The van der Waals surface area contributed by atoms with E-state index in [0.717, 1.165) is 29.4 Å². The van der Waals surface area contributed by atoms with Gasteiger partial charge >= 0.3 is 0 Å². The maximum Gasteiger partial charge on any atom is 0.123 e. The molecule has 26 heavy (non-hydrogen) atoms. The summed E-state index contributed by atoms with van der Waals surface area (Å²) in [6.07, 6.45) is 2.28. The minimum atomic E-state index is -0.545. The Morgan fingerprint density at radius 1 is 1.19 bits per heavy atom. The summed E-state index contributed by atoms with van der Waals surface area (Å²) in [5.41, 5.74) is 1.66. The highest BCUT2D eigenvalue weighted by atomic mass is 79.9. The molecule has 2 aromatic rings. The molecule has 0 aliphatic carbocycles. The van der Waals surface area contributed by atoms with Crippen molar-refractivity contribution in [1.82, 2.24) is 4.90 Å². The van der Waals surface area contributed by atoms with Crippen molar-refractivity contribution in [2.24, 2.45) is 0 Å². The molecule has 5 heteroatoms. The van der Waals surface area contributed by atoms with E-state index in [-0.39, 0.29) is 12.4 Å². The van der Waals surface area contributed by atoms with E-state index in [1.807, 2.05) is 0 Å². The number of benzene rings is 2. The first kappa shape index (κ1) is 19.5. The largest absolute Gasteiger partial charge is 0.396 e. The van der Waals surface area contributed by atoms with Crippen LogP contribution in [0, 0.1) is 5.82 Å². The fourth-order valence-electron chi connectivity index (χ4n) is 3.81. The lowest BCUT2D eigenvalue weighted by Crippen LogP contribution is -2.46. The fraction of sp³-hybridized carbons (Fsp3) is 0.429. The van der Waals surface area contributed by atoms with Gasteiger partial charge in [-0.1, -0.05) is 47.1 Å². The Labute approximate surface area is 162 Å². The second-order valence-corrected chi connectivity index (χ2v) is 7.70.